The number of aryl methyl sites for hydroxylation is 1. The standard InChI is InChI=1S/C18H26N4OS/c1-14(10-21(3)4)20-18(23)22(11-16-8-6-5-7-9-16)12-17-15(2)19-13-24-17/h5-9,13-14H,10-12H2,1-4H3,(H,20,23). The highest BCUT2D eigenvalue weighted by Crippen LogP contribution is 2.17. The maximum absolute atomic E-state index is 12.8. The first-order chi connectivity index (χ1) is 11.5. The molecule has 1 atom stereocenters. The Balaban J connectivity index is 2.09. The molecule has 0 saturated heterocycles. The number of amides is 2. The van der Waals surface area contributed by atoms with E-state index < -0.39 is 0 Å². The van der Waals surface area contributed by atoms with Crippen LogP contribution in [-0.2, 0) is 13.1 Å². The van der Waals surface area contributed by atoms with E-state index in [2.05, 4.69) is 15.2 Å². The minimum absolute atomic E-state index is 0.0407. The second-order valence-corrected chi connectivity index (χ2v) is 7.25. The van der Waals surface area contributed by atoms with Gasteiger partial charge in [0.05, 0.1) is 17.7 Å². The van der Waals surface area contributed by atoms with E-state index in [0.29, 0.717) is 13.1 Å². The molecule has 0 bridgehead atoms. The minimum atomic E-state index is -0.0407. The van der Waals surface area contributed by atoms with E-state index in [1.807, 2.05) is 68.7 Å². The first-order valence-electron chi connectivity index (χ1n) is 8.08. The highest BCUT2D eigenvalue weighted by Gasteiger charge is 2.18. The number of carbonyl (C=O) groups excluding carboxylic acids is 1. The molecule has 1 N–H and O–H groups in total. The molecule has 0 spiro atoms. The molecule has 1 aromatic carbocycles. The maximum Gasteiger partial charge on any atom is 0.318 e. The topological polar surface area (TPSA) is 48.5 Å². The summed E-state index contributed by atoms with van der Waals surface area (Å²) in [5.74, 6) is 0. The van der Waals surface area contributed by atoms with Crippen molar-refractivity contribution in [2.75, 3.05) is 20.6 Å². The Labute approximate surface area is 148 Å². The summed E-state index contributed by atoms with van der Waals surface area (Å²) in [6, 6.07) is 10.1. The highest BCUT2D eigenvalue weighted by molar-refractivity contribution is 7.09. The Morgan fingerprint density at radius 2 is 1.96 bits per heavy atom. The molecule has 1 unspecified atom stereocenters. The third-order valence-electron chi connectivity index (χ3n) is 3.69. The van der Waals surface area contributed by atoms with E-state index in [9.17, 15) is 4.79 Å². The fourth-order valence-electron chi connectivity index (χ4n) is 2.55. The third-order valence-corrected chi connectivity index (χ3v) is 4.61. The molecular formula is C18H26N4OS. The van der Waals surface area contributed by atoms with Crippen LogP contribution in [0.5, 0.6) is 0 Å². The molecule has 24 heavy (non-hydrogen) atoms. The van der Waals surface area contributed by atoms with Crippen LogP contribution in [0.15, 0.2) is 35.8 Å². The second-order valence-electron chi connectivity index (χ2n) is 6.32. The third kappa shape index (κ3) is 5.62. The van der Waals surface area contributed by atoms with Crippen LogP contribution in [0, 0.1) is 6.92 Å². The molecule has 1 aromatic heterocycles. The van der Waals surface area contributed by atoms with Gasteiger partial charge in [0, 0.05) is 24.0 Å². The van der Waals surface area contributed by atoms with E-state index >= 15 is 0 Å². The summed E-state index contributed by atoms with van der Waals surface area (Å²) >= 11 is 1.59. The Morgan fingerprint density at radius 1 is 1.25 bits per heavy atom. The van der Waals surface area contributed by atoms with Crippen molar-refractivity contribution < 1.29 is 4.79 Å². The number of aromatic nitrogens is 1. The first-order valence-corrected chi connectivity index (χ1v) is 8.96. The summed E-state index contributed by atoms with van der Waals surface area (Å²) in [6.45, 7) is 5.98. The van der Waals surface area contributed by atoms with E-state index in [1.165, 1.54) is 0 Å². The molecular weight excluding hydrogens is 320 g/mol. The Hall–Kier alpha value is -1.92. The normalized spacial score (nSPS) is 12.2. The molecule has 2 amide bonds. The Bertz CT molecular complexity index is 641. The van der Waals surface area contributed by atoms with Crippen LogP contribution in [0.2, 0.25) is 0 Å². The smallest absolute Gasteiger partial charge is 0.318 e. The second kappa shape index (κ2) is 8.80. The molecule has 2 aromatic rings. The van der Waals surface area contributed by atoms with Crippen molar-refractivity contribution in [1.29, 1.82) is 0 Å². The first kappa shape index (κ1) is 18.4. The molecule has 1 heterocycles. The van der Waals surface area contributed by atoms with Crippen molar-refractivity contribution in [3.05, 3.63) is 52.0 Å². The number of hydrogen-bond acceptors (Lipinski definition) is 4. The van der Waals surface area contributed by atoms with E-state index in [1.54, 1.807) is 11.3 Å². The summed E-state index contributed by atoms with van der Waals surface area (Å²) in [4.78, 5) is 22.1. The van der Waals surface area contributed by atoms with Crippen LogP contribution in [0.25, 0.3) is 0 Å². The van der Waals surface area contributed by atoms with Gasteiger partial charge in [-0.25, -0.2) is 9.78 Å². The van der Waals surface area contributed by atoms with Gasteiger partial charge in [0.1, 0.15) is 0 Å². The van der Waals surface area contributed by atoms with Gasteiger partial charge in [-0.3, -0.25) is 0 Å². The van der Waals surface area contributed by atoms with Gasteiger partial charge in [-0.05, 0) is 33.5 Å². The van der Waals surface area contributed by atoms with Crippen molar-refractivity contribution in [1.82, 2.24) is 20.1 Å². The fraction of sp³-hybridized carbons (Fsp3) is 0.444. The lowest BCUT2D eigenvalue weighted by atomic mass is 10.2. The molecule has 5 nitrogen and oxygen atoms in total. The van der Waals surface area contributed by atoms with E-state index in [0.717, 1.165) is 22.7 Å². The number of rotatable bonds is 7. The lowest BCUT2D eigenvalue weighted by Gasteiger charge is -2.26. The molecule has 0 fully saturated rings. The SMILES string of the molecule is Cc1ncsc1CN(Cc1ccccc1)C(=O)NC(C)CN(C)C. The zero-order valence-electron chi connectivity index (χ0n) is 14.8. The minimum Gasteiger partial charge on any atom is -0.334 e. The number of nitrogens with one attached hydrogen (secondary N) is 1. The predicted octanol–water partition coefficient (Wildman–Crippen LogP) is 3.11. The summed E-state index contributed by atoms with van der Waals surface area (Å²) in [5, 5.41) is 3.09. The van der Waals surface area contributed by atoms with Crippen molar-refractivity contribution in [2.24, 2.45) is 0 Å². The van der Waals surface area contributed by atoms with Crippen molar-refractivity contribution >= 4 is 17.4 Å². The Kier molecular flexibility index (Phi) is 6.75. The number of benzene rings is 1. The number of thiazole rings is 1. The van der Waals surface area contributed by atoms with Gasteiger partial charge in [0.15, 0.2) is 0 Å². The number of nitrogens with zero attached hydrogens (tertiary/aromatic N) is 3. The van der Waals surface area contributed by atoms with E-state index in [4.69, 9.17) is 0 Å². The molecule has 2 rings (SSSR count). The number of urea groups is 1. The van der Waals surface area contributed by atoms with Crippen molar-refractivity contribution in [2.45, 2.75) is 33.0 Å². The van der Waals surface area contributed by atoms with Gasteiger partial charge in [0.2, 0.25) is 0 Å². The van der Waals surface area contributed by atoms with E-state index in [-0.39, 0.29) is 12.1 Å². The van der Waals surface area contributed by atoms with Crippen LogP contribution >= 0.6 is 11.3 Å². The van der Waals surface area contributed by atoms with Crippen LogP contribution in [0.3, 0.4) is 0 Å². The average molecular weight is 347 g/mol. The summed E-state index contributed by atoms with van der Waals surface area (Å²) in [7, 11) is 4.01. The monoisotopic (exact) mass is 346 g/mol. The highest BCUT2D eigenvalue weighted by atomic mass is 32.1. The number of likely N-dealkylation sites (N-methyl/N-ethyl adjacent to an activating group) is 1. The predicted molar refractivity (Wildman–Crippen MR) is 99.1 cm³/mol. The van der Waals surface area contributed by atoms with Crippen molar-refractivity contribution in [3.63, 3.8) is 0 Å². The molecule has 6 heteroatoms. The van der Waals surface area contributed by atoms with Crippen molar-refractivity contribution in [3.8, 4) is 0 Å². The van der Waals surface area contributed by atoms with Gasteiger partial charge in [-0.1, -0.05) is 30.3 Å². The molecule has 0 aliphatic heterocycles. The van der Waals surface area contributed by atoms with Gasteiger partial charge < -0.3 is 15.1 Å². The van der Waals surface area contributed by atoms with Crippen LogP contribution in [0.1, 0.15) is 23.1 Å². The molecule has 130 valence electrons. The van der Waals surface area contributed by atoms with Gasteiger partial charge in [0.25, 0.3) is 0 Å². The largest absolute Gasteiger partial charge is 0.334 e. The molecule has 0 aliphatic carbocycles. The van der Waals surface area contributed by atoms with Crippen LogP contribution in [0.4, 0.5) is 4.79 Å². The quantitative estimate of drug-likeness (QED) is 0.838. The van der Waals surface area contributed by atoms with Gasteiger partial charge >= 0.3 is 6.03 Å². The zero-order chi connectivity index (χ0) is 17.5. The average Bonchev–Trinajstić information content (AvgIpc) is 2.92. The number of carbonyl (C=O) groups is 1. The lowest BCUT2D eigenvalue weighted by Crippen LogP contribution is -2.46. The van der Waals surface area contributed by atoms with Crippen LogP contribution < -0.4 is 5.32 Å². The Morgan fingerprint density at radius 3 is 2.54 bits per heavy atom. The van der Waals surface area contributed by atoms with Crippen LogP contribution in [-0.4, -0.2) is 47.5 Å². The zero-order valence-corrected chi connectivity index (χ0v) is 15.6. The lowest BCUT2D eigenvalue weighted by molar-refractivity contribution is 0.186. The van der Waals surface area contributed by atoms with Gasteiger partial charge in [-0.15, -0.1) is 11.3 Å². The molecule has 0 aliphatic rings. The molecule has 0 saturated carbocycles. The number of hydrogen-bond donors (Lipinski definition) is 1. The summed E-state index contributed by atoms with van der Waals surface area (Å²) in [5.41, 5.74) is 3.94. The molecule has 0 radical (unpaired) electrons. The maximum atomic E-state index is 12.8. The van der Waals surface area contributed by atoms with Gasteiger partial charge in [-0.2, -0.15) is 0 Å². The summed E-state index contributed by atoms with van der Waals surface area (Å²) in [6.07, 6.45) is 0. The fourth-order valence-corrected chi connectivity index (χ4v) is 3.34. The summed E-state index contributed by atoms with van der Waals surface area (Å²) < 4.78 is 0.